The van der Waals surface area contributed by atoms with Crippen LogP contribution in [-0.2, 0) is 4.74 Å². The van der Waals surface area contributed by atoms with Crippen LogP contribution in [0.3, 0.4) is 0 Å². The van der Waals surface area contributed by atoms with Gasteiger partial charge in [-0.3, -0.25) is 0 Å². The van der Waals surface area contributed by atoms with Crippen molar-refractivity contribution in [2.24, 2.45) is 0 Å². The summed E-state index contributed by atoms with van der Waals surface area (Å²) in [4.78, 5) is 0. The maximum atomic E-state index is 5.62. The number of rotatable bonds is 6. The van der Waals surface area contributed by atoms with Crippen molar-refractivity contribution in [1.82, 2.24) is 0 Å². The van der Waals surface area contributed by atoms with Crippen molar-refractivity contribution in [3.8, 4) is 12.3 Å². The Morgan fingerprint density at radius 1 is 1.27 bits per heavy atom. The van der Waals surface area contributed by atoms with Crippen LogP contribution in [-0.4, -0.2) is 11.9 Å². The summed E-state index contributed by atoms with van der Waals surface area (Å²) in [5.41, 5.74) is 1.05. The molecule has 0 saturated carbocycles. The van der Waals surface area contributed by atoms with Gasteiger partial charge in [0.25, 0.3) is 0 Å². The van der Waals surface area contributed by atoms with E-state index in [4.69, 9.17) is 11.2 Å². The van der Waals surface area contributed by atoms with Crippen molar-refractivity contribution in [2.45, 2.75) is 18.9 Å². The molecule has 0 saturated heterocycles. The quantitative estimate of drug-likeness (QED) is 0.435. The largest absolute Gasteiger partial charge is 0.361 e. The molecular formula is C13H15BrO. The lowest BCUT2D eigenvalue weighted by molar-refractivity contribution is 0.0895. The molecule has 0 fully saturated rings. The van der Waals surface area contributed by atoms with Gasteiger partial charge in [-0.15, -0.1) is 6.42 Å². The first kappa shape index (κ1) is 12.3. The molecule has 80 valence electrons. The molecule has 1 nitrogen and oxygen atoms in total. The minimum atomic E-state index is -0.207. The summed E-state index contributed by atoms with van der Waals surface area (Å²) in [6.45, 7) is 0.718. The second kappa shape index (κ2) is 7.50. The monoisotopic (exact) mass is 266 g/mol. The van der Waals surface area contributed by atoms with Gasteiger partial charge in [0.05, 0.1) is 0 Å². The highest BCUT2D eigenvalue weighted by Crippen LogP contribution is 2.16. The van der Waals surface area contributed by atoms with E-state index in [1.54, 1.807) is 0 Å². The number of ether oxygens (including phenoxy) is 1. The van der Waals surface area contributed by atoms with Crippen molar-refractivity contribution in [3.05, 3.63) is 35.9 Å². The first-order valence-corrected chi connectivity index (χ1v) is 6.19. The van der Waals surface area contributed by atoms with Gasteiger partial charge in [0, 0.05) is 11.9 Å². The van der Waals surface area contributed by atoms with Gasteiger partial charge in [-0.05, 0) is 18.4 Å². The Balaban J connectivity index is 2.41. The van der Waals surface area contributed by atoms with Crippen molar-refractivity contribution in [1.29, 1.82) is 0 Å². The topological polar surface area (TPSA) is 9.23 Å². The van der Waals surface area contributed by atoms with E-state index >= 15 is 0 Å². The fourth-order valence-corrected chi connectivity index (χ4v) is 1.66. The molecule has 1 aromatic carbocycles. The molecule has 0 aromatic heterocycles. The molecule has 1 atom stereocenters. The minimum Gasteiger partial charge on any atom is -0.361 e. The highest BCUT2D eigenvalue weighted by molar-refractivity contribution is 9.09. The number of halogens is 1. The van der Waals surface area contributed by atoms with Gasteiger partial charge in [-0.1, -0.05) is 52.2 Å². The summed E-state index contributed by atoms with van der Waals surface area (Å²) in [6.07, 6.45) is 7.38. The predicted molar refractivity (Wildman–Crippen MR) is 67.0 cm³/mol. The Hall–Kier alpha value is -0.780. The molecule has 0 radical (unpaired) electrons. The van der Waals surface area contributed by atoms with Crippen LogP contribution < -0.4 is 0 Å². The van der Waals surface area contributed by atoms with Crippen LogP contribution in [0.4, 0.5) is 0 Å². The van der Waals surface area contributed by atoms with Gasteiger partial charge in [-0.25, -0.2) is 0 Å². The molecule has 0 aliphatic rings. The number of benzene rings is 1. The standard InChI is InChI=1S/C13H15BrO/c1-2-13(15-11-7-6-10-14)12-8-4-3-5-9-12/h1,3-5,8-9,13H,6-7,10-11H2. The molecule has 15 heavy (non-hydrogen) atoms. The number of hydrogen-bond donors (Lipinski definition) is 0. The molecular weight excluding hydrogens is 252 g/mol. The van der Waals surface area contributed by atoms with Crippen LogP contribution in [0.15, 0.2) is 30.3 Å². The summed E-state index contributed by atoms with van der Waals surface area (Å²) in [6, 6.07) is 9.91. The number of hydrogen-bond acceptors (Lipinski definition) is 1. The van der Waals surface area contributed by atoms with Crippen molar-refractivity contribution < 1.29 is 4.74 Å². The van der Waals surface area contributed by atoms with Gasteiger partial charge in [0.1, 0.15) is 6.10 Å². The van der Waals surface area contributed by atoms with Gasteiger partial charge in [0.2, 0.25) is 0 Å². The molecule has 1 aromatic rings. The fraction of sp³-hybridized carbons (Fsp3) is 0.385. The third-order valence-corrected chi connectivity index (χ3v) is 2.63. The molecule has 1 unspecified atom stereocenters. The van der Waals surface area contributed by atoms with Crippen molar-refractivity contribution in [2.75, 3.05) is 11.9 Å². The molecule has 0 heterocycles. The molecule has 0 N–H and O–H groups in total. The molecule has 0 amide bonds. The van der Waals surface area contributed by atoms with Gasteiger partial charge in [-0.2, -0.15) is 0 Å². The van der Waals surface area contributed by atoms with Crippen LogP contribution in [0, 0.1) is 12.3 Å². The average Bonchev–Trinajstić information content (AvgIpc) is 2.30. The van der Waals surface area contributed by atoms with Crippen LogP contribution in [0.5, 0.6) is 0 Å². The Bertz CT molecular complexity index is 302. The van der Waals surface area contributed by atoms with E-state index in [2.05, 4.69) is 21.9 Å². The second-order valence-electron chi connectivity index (χ2n) is 3.22. The Labute approximate surface area is 100.0 Å². The lowest BCUT2D eigenvalue weighted by atomic mass is 10.1. The maximum Gasteiger partial charge on any atom is 0.143 e. The Morgan fingerprint density at radius 2 is 2.00 bits per heavy atom. The SMILES string of the molecule is C#CC(OCCCCBr)c1ccccc1. The number of terminal acetylenes is 1. The molecule has 0 spiro atoms. The van der Waals surface area contributed by atoms with E-state index in [1.807, 2.05) is 30.3 Å². The number of unbranched alkanes of at least 4 members (excludes halogenated alkanes) is 1. The first-order valence-electron chi connectivity index (χ1n) is 5.07. The third-order valence-electron chi connectivity index (χ3n) is 2.07. The van der Waals surface area contributed by atoms with Crippen LogP contribution in [0.2, 0.25) is 0 Å². The van der Waals surface area contributed by atoms with Gasteiger partial charge < -0.3 is 4.74 Å². The lowest BCUT2D eigenvalue weighted by Crippen LogP contribution is -2.03. The van der Waals surface area contributed by atoms with Crippen molar-refractivity contribution >= 4 is 15.9 Å². The first-order chi connectivity index (χ1) is 7.38. The normalized spacial score (nSPS) is 12.0. The highest BCUT2D eigenvalue weighted by Gasteiger charge is 2.06. The smallest absolute Gasteiger partial charge is 0.143 e. The Morgan fingerprint density at radius 3 is 2.60 bits per heavy atom. The van der Waals surface area contributed by atoms with Crippen LogP contribution >= 0.6 is 15.9 Å². The zero-order valence-corrected chi connectivity index (χ0v) is 10.2. The third kappa shape index (κ3) is 4.51. The summed E-state index contributed by atoms with van der Waals surface area (Å²) >= 11 is 3.38. The van der Waals surface area contributed by atoms with E-state index < -0.39 is 0 Å². The second-order valence-corrected chi connectivity index (χ2v) is 4.02. The summed E-state index contributed by atoms with van der Waals surface area (Å²) in [5.74, 6) is 2.66. The highest BCUT2D eigenvalue weighted by atomic mass is 79.9. The van der Waals surface area contributed by atoms with E-state index in [0.717, 1.165) is 30.3 Å². The maximum absolute atomic E-state index is 5.62. The van der Waals surface area contributed by atoms with Crippen LogP contribution in [0.25, 0.3) is 0 Å². The van der Waals surface area contributed by atoms with Gasteiger partial charge >= 0.3 is 0 Å². The molecule has 2 heteroatoms. The van der Waals surface area contributed by atoms with Gasteiger partial charge in [0.15, 0.2) is 0 Å². The summed E-state index contributed by atoms with van der Waals surface area (Å²) in [7, 11) is 0. The van der Waals surface area contributed by atoms with E-state index in [1.165, 1.54) is 0 Å². The summed E-state index contributed by atoms with van der Waals surface area (Å²) < 4.78 is 5.62. The van der Waals surface area contributed by atoms with Crippen LogP contribution in [0.1, 0.15) is 24.5 Å². The van der Waals surface area contributed by atoms with E-state index in [0.29, 0.717) is 0 Å². The zero-order valence-electron chi connectivity index (χ0n) is 8.66. The van der Waals surface area contributed by atoms with E-state index in [-0.39, 0.29) is 6.10 Å². The fourth-order valence-electron chi connectivity index (χ4n) is 1.27. The molecule has 0 aliphatic carbocycles. The predicted octanol–water partition coefficient (Wildman–Crippen LogP) is 3.55. The van der Waals surface area contributed by atoms with Crippen molar-refractivity contribution in [3.63, 3.8) is 0 Å². The Kier molecular flexibility index (Phi) is 6.15. The van der Waals surface area contributed by atoms with E-state index in [9.17, 15) is 0 Å². The minimum absolute atomic E-state index is 0.207. The average molecular weight is 267 g/mol. The molecule has 0 bridgehead atoms. The zero-order chi connectivity index (χ0) is 10.9. The lowest BCUT2D eigenvalue weighted by Gasteiger charge is -2.11. The molecule has 0 aliphatic heterocycles. The number of alkyl halides is 1. The summed E-state index contributed by atoms with van der Waals surface area (Å²) in [5, 5.41) is 1.02. The molecule has 1 rings (SSSR count).